The molecule has 0 radical (unpaired) electrons. The van der Waals surface area contributed by atoms with Gasteiger partial charge in [0, 0.05) is 23.2 Å². The molecule has 23 heavy (non-hydrogen) atoms. The van der Waals surface area contributed by atoms with Crippen LogP contribution in [0.25, 0.3) is 11.0 Å². The van der Waals surface area contributed by atoms with Gasteiger partial charge in [-0.3, -0.25) is 9.48 Å². The van der Waals surface area contributed by atoms with Gasteiger partial charge in [-0.15, -0.1) is 0 Å². The van der Waals surface area contributed by atoms with Crippen LogP contribution in [-0.2, 0) is 13.0 Å². The van der Waals surface area contributed by atoms with Gasteiger partial charge in [0.15, 0.2) is 11.6 Å². The Labute approximate surface area is 133 Å². The normalized spacial score (nSPS) is 10.7. The Hall–Kier alpha value is -3.07. The van der Waals surface area contributed by atoms with E-state index in [9.17, 15) is 4.79 Å². The molecule has 1 amide bonds. The first kappa shape index (κ1) is 14.9. The number of carbonyl (C=O) groups excluding carboxylic acids is 1. The summed E-state index contributed by atoms with van der Waals surface area (Å²) in [5.41, 5.74) is 2.70. The zero-order valence-electron chi connectivity index (χ0n) is 13.0. The van der Waals surface area contributed by atoms with Gasteiger partial charge in [0.1, 0.15) is 12.1 Å². The maximum Gasteiger partial charge on any atom is 0.292 e. The van der Waals surface area contributed by atoms with Crippen molar-refractivity contribution in [3.05, 3.63) is 47.3 Å². The lowest BCUT2D eigenvalue weighted by atomic mass is 10.1. The van der Waals surface area contributed by atoms with E-state index in [2.05, 4.69) is 17.3 Å². The van der Waals surface area contributed by atoms with Gasteiger partial charge < -0.3 is 9.73 Å². The molecule has 0 saturated heterocycles. The third-order valence-electron chi connectivity index (χ3n) is 3.73. The first-order valence-corrected chi connectivity index (χ1v) is 7.36. The first-order chi connectivity index (χ1) is 11.1. The summed E-state index contributed by atoms with van der Waals surface area (Å²) < 4.78 is 7.14. The van der Waals surface area contributed by atoms with Gasteiger partial charge in [0.2, 0.25) is 0 Å². The molecular formula is C17H16N4O2. The van der Waals surface area contributed by atoms with Crippen molar-refractivity contribution in [3.8, 4) is 6.07 Å². The summed E-state index contributed by atoms with van der Waals surface area (Å²) in [6.45, 7) is 4.09. The highest BCUT2D eigenvalue weighted by atomic mass is 16.3. The van der Waals surface area contributed by atoms with E-state index in [1.54, 1.807) is 12.3 Å². The molecular weight excluding hydrogens is 292 g/mol. The predicted molar refractivity (Wildman–Crippen MR) is 86.1 cm³/mol. The molecule has 116 valence electrons. The lowest BCUT2D eigenvalue weighted by molar-refractivity contribution is 0.0997. The predicted octanol–water partition coefficient (Wildman–Crippen LogP) is 3.28. The summed E-state index contributed by atoms with van der Waals surface area (Å²) in [5, 5.41) is 16.4. The third-order valence-corrected chi connectivity index (χ3v) is 3.73. The van der Waals surface area contributed by atoms with Gasteiger partial charge in [-0.05, 0) is 31.0 Å². The smallest absolute Gasteiger partial charge is 0.292 e. The number of hydrogen-bond donors (Lipinski definition) is 1. The molecule has 3 rings (SSSR count). The van der Waals surface area contributed by atoms with E-state index in [1.807, 2.05) is 31.2 Å². The average Bonchev–Trinajstić information content (AvgIpc) is 3.12. The number of nitrogens with zero attached hydrogens (tertiary/aromatic N) is 3. The maximum atomic E-state index is 12.4. The van der Waals surface area contributed by atoms with E-state index in [0.29, 0.717) is 11.4 Å². The second-order valence-corrected chi connectivity index (χ2v) is 5.25. The summed E-state index contributed by atoms with van der Waals surface area (Å²) in [6.07, 6.45) is 2.57. The highest BCUT2D eigenvalue weighted by molar-refractivity contribution is 6.06. The fraction of sp³-hybridized carbons (Fsp3) is 0.235. The Morgan fingerprint density at radius 2 is 2.26 bits per heavy atom. The number of furan rings is 1. The molecule has 0 aliphatic heterocycles. The molecule has 2 aromatic heterocycles. The number of aryl methyl sites for hydroxylation is 2. The molecule has 2 heterocycles. The van der Waals surface area contributed by atoms with Crippen molar-refractivity contribution in [1.82, 2.24) is 9.78 Å². The lowest BCUT2D eigenvalue weighted by Crippen LogP contribution is -2.13. The molecule has 0 aliphatic carbocycles. The average molecular weight is 308 g/mol. The van der Waals surface area contributed by atoms with Crippen LogP contribution < -0.4 is 5.32 Å². The summed E-state index contributed by atoms with van der Waals surface area (Å²) >= 11 is 0. The molecule has 3 aromatic rings. The van der Waals surface area contributed by atoms with Gasteiger partial charge in [-0.25, -0.2) is 0 Å². The molecule has 1 aromatic carbocycles. The molecule has 0 bridgehead atoms. The topological polar surface area (TPSA) is 83.9 Å². The maximum absolute atomic E-state index is 12.4. The Balaban J connectivity index is 1.88. The van der Waals surface area contributed by atoms with Crippen LogP contribution in [0, 0.1) is 18.3 Å². The molecule has 0 saturated carbocycles. The van der Waals surface area contributed by atoms with Gasteiger partial charge in [-0.2, -0.15) is 10.4 Å². The zero-order valence-corrected chi connectivity index (χ0v) is 13.0. The van der Waals surface area contributed by atoms with Crippen LogP contribution in [0.3, 0.4) is 0 Å². The summed E-state index contributed by atoms with van der Waals surface area (Å²) in [6, 6.07) is 9.56. The second-order valence-electron chi connectivity index (χ2n) is 5.25. The molecule has 0 aliphatic rings. The lowest BCUT2D eigenvalue weighted by Gasteiger charge is -1.99. The highest BCUT2D eigenvalue weighted by Crippen LogP contribution is 2.27. The van der Waals surface area contributed by atoms with Crippen molar-refractivity contribution in [2.75, 3.05) is 5.32 Å². The number of hydrogen-bond acceptors (Lipinski definition) is 4. The first-order valence-electron chi connectivity index (χ1n) is 7.36. The molecule has 0 unspecified atom stereocenters. The Morgan fingerprint density at radius 3 is 3.00 bits per heavy atom. The van der Waals surface area contributed by atoms with Gasteiger partial charge in [0.25, 0.3) is 5.91 Å². The van der Waals surface area contributed by atoms with E-state index < -0.39 is 0 Å². The zero-order chi connectivity index (χ0) is 16.4. The Morgan fingerprint density at radius 1 is 1.43 bits per heavy atom. The monoisotopic (exact) mass is 308 g/mol. The minimum absolute atomic E-state index is 0.138. The van der Waals surface area contributed by atoms with E-state index in [1.165, 1.54) is 10.2 Å². The van der Waals surface area contributed by atoms with Crippen molar-refractivity contribution in [2.24, 2.45) is 0 Å². The number of nitriles is 1. The van der Waals surface area contributed by atoms with E-state index in [4.69, 9.17) is 9.68 Å². The summed E-state index contributed by atoms with van der Waals surface area (Å²) in [7, 11) is 0. The van der Waals surface area contributed by atoms with Crippen LogP contribution >= 0.6 is 0 Å². The quantitative estimate of drug-likeness (QED) is 0.801. The summed E-state index contributed by atoms with van der Waals surface area (Å²) in [5.74, 6) is 0.321. The number of amides is 1. The Kier molecular flexibility index (Phi) is 3.85. The SMILES string of the molecule is CCc1ccc2oc(C(=O)Nc3ccn(CC#N)n3)c(C)c2c1. The molecule has 0 spiro atoms. The van der Waals surface area contributed by atoms with E-state index in [-0.39, 0.29) is 18.2 Å². The fourth-order valence-corrected chi connectivity index (χ4v) is 2.47. The minimum Gasteiger partial charge on any atom is -0.451 e. The summed E-state index contributed by atoms with van der Waals surface area (Å²) in [4.78, 5) is 12.4. The number of nitrogens with one attached hydrogen (secondary N) is 1. The van der Waals surface area contributed by atoms with Gasteiger partial charge in [0.05, 0.1) is 6.07 Å². The molecule has 1 N–H and O–H groups in total. The van der Waals surface area contributed by atoms with Crippen LogP contribution in [0.4, 0.5) is 5.82 Å². The van der Waals surface area contributed by atoms with Crippen molar-refractivity contribution >= 4 is 22.7 Å². The number of rotatable bonds is 4. The molecule has 6 nitrogen and oxygen atoms in total. The van der Waals surface area contributed by atoms with E-state index in [0.717, 1.165) is 17.4 Å². The third kappa shape index (κ3) is 2.81. The number of aromatic nitrogens is 2. The largest absolute Gasteiger partial charge is 0.451 e. The van der Waals surface area contributed by atoms with Crippen LogP contribution in [0.5, 0.6) is 0 Å². The van der Waals surface area contributed by atoms with E-state index >= 15 is 0 Å². The van der Waals surface area contributed by atoms with Crippen LogP contribution in [0.2, 0.25) is 0 Å². The second kappa shape index (κ2) is 5.97. The Bertz CT molecular complexity index is 914. The van der Waals surface area contributed by atoms with Crippen molar-refractivity contribution in [3.63, 3.8) is 0 Å². The van der Waals surface area contributed by atoms with Crippen LogP contribution in [-0.4, -0.2) is 15.7 Å². The fourth-order valence-electron chi connectivity index (χ4n) is 2.47. The minimum atomic E-state index is -0.348. The highest BCUT2D eigenvalue weighted by Gasteiger charge is 2.18. The van der Waals surface area contributed by atoms with Crippen LogP contribution in [0.15, 0.2) is 34.9 Å². The van der Waals surface area contributed by atoms with Crippen molar-refractivity contribution in [2.45, 2.75) is 26.8 Å². The van der Waals surface area contributed by atoms with Crippen molar-refractivity contribution < 1.29 is 9.21 Å². The molecule has 6 heteroatoms. The number of fused-ring (bicyclic) bond motifs is 1. The van der Waals surface area contributed by atoms with Crippen molar-refractivity contribution in [1.29, 1.82) is 5.26 Å². The number of anilines is 1. The van der Waals surface area contributed by atoms with Crippen LogP contribution in [0.1, 0.15) is 28.6 Å². The standard InChI is InChI=1S/C17H16N4O2/c1-3-12-4-5-14-13(10-12)11(2)16(23-14)17(22)19-15-6-8-21(20-15)9-7-18/h4-6,8,10H,3,9H2,1-2H3,(H,19,20,22). The number of benzene rings is 1. The molecule has 0 atom stereocenters. The molecule has 0 fully saturated rings. The van der Waals surface area contributed by atoms with Gasteiger partial charge in [-0.1, -0.05) is 13.0 Å². The van der Waals surface area contributed by atoms with Gasteiger partial charge >= 0.3 is 0 Å². The number of carbonyl (C=O) groups is 1.